The van der Waals surface area contributed by atoms with Gasteiger partial charge in [0.1, 0.15) is 5.75 Å². The summed E-state index contributed by atoms with van der Waals surface area (Å²) in [5.74, 6) is 0.697. The molecular formula is C17H20N2O2. The minimum absolute atomic E-state index is 0.0247. The molecule has 0 saturated carbocycles. The second-order valence-corrected chi connectivity index (χ2v) is 5.01. The van der Waals surface area contributed by atoms with Gasteiger partial charge in [-0.15, -0.1) is 0 Å². The zero-order valence-electron chi connectivity index (χ0n) is 12.3. The van der Waals surface area contributed by atoms with Gasteiger partial charge in [0.2, 0.25) is 5.91 Å². The molecule has 0 spiro atoms. The van der Waals surface area contributed by atoms with E-state index in [-0.39, 0.29) is 5.91 Å². The lowest BCUT2D eigenvalue weighted by molar-refractivity contribution is -0.120. The van der Waals surface area contributed by atoms with E-state index in [1.54, 1.807) is 19.2 Å². The minimum Gasteiger partial charge on any atom is -0.496 e. The van der Waals surface area contributed by atoms with Crippen LogP contribution in [0.4, 0.5) is 5.69 Å². The minimum atomic E-state index is -0.0247. The molecule has 110 valence electrons. The Morgan fingerprint density at radius 1 is 1.19 bits per heavy atom. The van der Waals surface area contributed by atoms with Crippen molar-refractivity contribution in [3.05, 3.63) is 59.2 Å². The van der Waals surface area contributed by atoms with Crippen LogP contribution in [0.5, 0.6) is 5.75 Å². The van der Waals surface area contributed by atoms with E-state index in [9.17, 15) is 4.79 Å². The van der Waals surface area contributed by atoms with Crippen molar-refractivity contribution < 1.29 is 9.53 Å². The smallest absolute Gasteiger partial charge is 0.224 e. The lowest BCUT2D eigenvalue weighted by Gasteiger charge is -2.10. The Balaban J connectivity index is 1.95. The molecule has 4 heteroatoms. The molecule has 2 rings (SSSR count). The third-order valence-electron chi connectivity index (χ3n) is 3.27. The van der Waals surface area contributed by atoms with E-state index in [4.69, 9.17) is 10.5 Å². The second-order valence-electron chi connectivity index (χ2n) is 5.01. The number of methoxy groups -OCH3 is 1. The van der Waals surface area contributed by atoms with E-state index in [2.05, 4.69) is 5.32 Å². The van der Waals surface area contributed by atoms with Gasteiger partial charge in [-0.25, -0.2) is 0 Å². The van der Waals surface area contributed by atoms with Crippen molar-refractivity contribution in [1.29, 1.82) is 0 Å². The standard InChI is InChI=1S/C17H20N2O2/c1-12-3-5-13(6-4-12)9-17(20)19-11-14-10-15(18)7-8-16(14)21-2/h3-8,10H,9,11,18H2,1-2H3,(H,19,20). The largest absolute Gasteiger partial charge is 0.496 e. The number of carbonyl (C=O) groups excluding carboxylic acids is 1. The summed E-state index contributed by atoms with van der Waals surface area (Å²) in [6.07, 6.45) is 0.366. The topological polar surface area (TPSA) is 64.3 Å². The molecule has 0 aliphatic carbocycles. The van der Waals surface area contributed by atoms with Crippen LogP contribution in [-0.2, 0) is 17.8 Å². The first-order valence-corrected chi connectivity index (χ1v) is 6.83. The fraction of sp³-hybridized carbons (Fsp3) is 0.235. The van der Waals surface area contributed by atoms with Gasteiger partial charge >= 0.3 is 0 Å². The maximum Gasteiger partial charge on any atom is 0.224 e. The van der Waals surface area contributed by atoms with Gasteiger partial charge in [-0.3, -0.25) is 4.79 Å². The number of nitrogens with one attached hydrogen (secondary N) is 1. The molecule has 3 N–H and O–H groups in total. The molecule has 0 aliphatic rings. The van der Waals surface area contributed by atoms with Crippen molar-refractivity contribution in [3.8, 4) is 5.75 Å². The van der Waals surface area contributed by atoms with Crippen molar-refractivity contribution in [2.24, 2.45) is 0 Å². The highest BCUT2D eigenvalue weighted by atomic mass is 16.5. The monoisotopic (exact) mass is 284 g/mol. The Labute approximate surface area is 124 Å². The third kappa shape index (κ3) is 4.24. The van der Waals surface area contributed by atoms with Crippen LogP contribution < -0.4 is 15.8 Å². The molecule has 0 bridgehead atoms. The van der Waals surface area contributed by atoms with Gasteiger partial charge < -0.3 is 15.8 Å². The number of nitrogen functional groups attached to an aromatic ring is 1. The van der Waals surface area contributed by atoms with Gasteiger partial charge in [0.05, 0.1) is 13.5 Å². The quantitative estimate of drug-likeness (QED) is 0.829. The van der Waals surface area contributed by atoms with Gasteiger partial charge in [-0.2, -0.15) is 0 Å². The molecule has 1 amide bonds. The first kappa shape index (κ1) is 14.9. The molecule has 0 heterocycles. The number of amides is 1. The zero-order chi connectivity index (χ0) is 15.2. The number of benzene rings is 2. The number of rotatable bonds is 5. The summed E-state index contributed by atoms with van der Waals surface area (Å²) < 4.78 is 5.26. The normalized spacial score (nSPS) is 10.2. The first-order valence-electron chi connectivity index (χ1n) is 6.83. The summed E-state index contributed by atoms with van der Waals surface area (Å²) in [5, 5.41) is 2.89. The van der Waals surface area contributed by atoms with Crippen LogP contribution in [0.1, 0.15) is 16.7 Å². The SMILES string of the molecule is COc1ccc(N)cc1CNC(=O)Cc1ccc(C)cc1. The van der Waals surface area contributed by atoms with Crippen molar-refractivity contribution in [2.75, 3.05) is 12.8 Å². The molecule has 2 aromatic carbocycles. The van der Waals surface area contributed by atoms with E-state index >= 15 is 0 Å². The van der Waals surface area contributed by atoms with E-state index < -0.39 is 0 Å². The summed E-state index contributed by atoms with van der Waals surface area (Å²) in [4.78, 5) is 12.0. The molecule has 21 heavy (non-hydrogen) atoms. The summed E-state index contributed by atoms with van der Waals surface area (Å²) in [5.41, 5.74) is 9.46. The zero-order valence-corrected chi connectivity index (χ0v) is 12.3. The van der Waals surface area contributed by atoms with Crippen LogP contribution in [-0.4, -0.2) is 13.0 Å². The maximum absolute atomic E-state index is 12.0. The van der Waals surface area contributed by atoms with Crippen molar-refractivity contribution >= 4 is 11.6 Å². The highest BCUT2D eigenvalue weighted by molar-refractivity contribution is 5.78. The van der Waals surface area contributed by atoms with E-state index in [1.807, 2.05) is 37.3 Å². The molecule has 2 aromatic rings. The Bertz CT molecular complexity index is 621. The van der Waals surface area contributed by atoms with Gasteiger partial charge in [0, 0.05) is 17.8 Å². The lowest BCUT2D eigenvalue weighted by Crippen LogP contribution is -2.24. The fourth-order valence-corrected chi connectivity index (χ4v) is 2.08. The van der Waals surface area contributed by atoms with E-state index in [1.165, 1.54) is 5.56 Å². The van der Waals surface area contributed by atoms with Crippen LogP contribution in [0.3, 0.4) is 0 Å². The molecule has 0 unspecified atom stereocenters. The molecule has 0 saturated heterocycles. The number of hydrogen-bond acceptors (Lipinski definition) is 3. The molecular weight excluding hydrogens is 264 g/mol. The highest BCUT2D eigenvalue weighted by Crippen LogP contribution is 2.20. The molecule has 4 nitrogen and oxygen atoms in total. The Hall–Kier alpha value is -2.49. The molecule has 0 aromatic heterocycles. The first-order chi connectivity index (χ1) is 10.1. The van der Waals surface area contributed by atoms with Crippen molar-refractivity contribution in [1.82, 2.24) is 5.32 Å². The van der Waals surface area contributed by atoms with Crippen molar-refractivity contribution in [2.45, 2.75) is 19.9 Å². The van der Waals surface area contributed by atoms with Crippen LogP contribution in [0, 0.1) is 6.92 Å². The Kier molecular flexibility index (Phi) is 4.82. The number of carbonyl (C=O) groups is 1. The number of hydrogen-bond donors (Lipinski definition) is 2. The van der Waals surface area contributed by atoms with Crippen LogP contribution in [0.15, 0.2) is 42.5 Å². The number of anilines is 1. The van der Waals surface area contributed by atoms with Gasteiger partial charge in [-0.1, -0.05) is 29.8 Å². The second kappa shape index (κ2) is 6.79. The summed E-state index contributed by atoms with van der Waals surface area (Å²) in [6, 6.07) is 13.3. The lowest BCUT2D eigenvalue weighted by atomic mass is 10.1. The summed E-state index contributed by atoms with van der Waals surface area (Å²) >= 11 is 0. The van der Waals surface area contributed by atoms with Crippen LogP contribution in [0.2, 0.25) is 0 Å². The number of aryl methyl sites for hydroxylation is 1. The predicted molar refractivity (Wildman–Crippen MR) is 84.1 cm³/mol. The number of nitrogens with two attached hydrogens (primary N) is 1. The molecule has 0 fully saturated rings. The van der Waals surface area contributed by atoms with E-state index in [0.717, 1.165) is 16.9 Å². The molecule has 0 radical (unpaired) electrons. The average Bonchev–Trinajstić information content (AvgIpc) is 2.48. The van der Waals surface area contributed by atoms with Crippen LogP contribution >= 0.6 is 0 Å². The van der Waals surface area contributed by atoms with E-state index in [0.29, 0.717) is 18.7 Å². The average molecular weight is 284 g/mol. The van der Waals surface area contributed by atoms with Gasteiger partial charge in [0.25, 0.3) is 0 Å². The van der Waals surface area contributed by atoms with Gasteiger partial charge in [0.15, 0.2) is 0 Å². The fourth-order valence-electron chi connectivity index (χ4n) is 2.08. The molecule has 0 aliphatic heterocycles. The third-order valence-corrected chi connectivity index (χ3v) is 3.27. The van der Waals surface area contributed by atoms with Crippen LogP contribution in [0.25, 0.3) is 0 Å². The Morgan fingerprint density at radius 3 is 2.57 bits per heavy atom. The summed E-state index contributed by atoms with van der Waals surface area (Å²) in [7, 11) is 1.60. The van der Waals surface area contributed by atoms with Crippen molar-refractivity contribution in [3.63, 3.8) is 0 Å². The maximum atomic E-state index is 12.0. The highest BCUT2D eigenvalue weighted by Gasteiger charge is 2.07. The van der Waals surface area contributed by atoms with Gasteiger partial charge in [-0.05, 0) is 30.7 Å². The molecule has 0 atom stereocenters. The summed E-state index contributed by atoms with van der Waals surface area (Å²) in [6.45, 7) is 2.43. The predicted octanol–water partition coefficient (Wildman–Crippen LogP) is 2.44. The number of ether oxygens (including phenoxy) is 1. The Morgan fingerprint density at radius 2 is 1.90 bits per heavy atom.